The Morgan fingerprint density at radius 3 is 2.61 bits per heavy atom. The lowest BCUT2D eigenvalue weighted by molar-refractivity contribution is 0.0240. The maximum atomic E-state index is 12.5. The van der Waals surface area contributed by atoms with Gasteiger partial charge in [0.25, 0.3) is 0 Å². The van der Waals surface area contributed by atoms with E-state index in [-0.39, 0.29) is 18.7 Å². The number of pyridine rings is 1. The van der Waals surface area contributed by atoms with Crippen LogP contribution in [0.3, 0.4) is 0 Å². The van der Waals surface area contributed by atoms with Gasteiger partial charge in [0.05, 0.1) is 11.4 Å². The van der Waals surface area contributed by atoms with Gasteiger partial charge in [-0.15, -0.1) is 0 Å². The maximum absolute atomic E-state index is 12.5. The van der Waals surface area contributed by atoms with Crippen molar-refractivity contribution in [1.82, 2.24) is 15.2 Å². The maximum Gasteiger partial charge on any atom is 0.410 e. The number of carbonyl (C=O) groups excluding carboxylic acids is 1. The largest absolute Gasteiger partial charge is 0.444 e. The highest BCUT2D eigenvalue weighted by molar-refractivity contribution is 5.77. The predicted octanol–water partition coefficient (Wildman–Crippen LogP) is 2.58. The summed E-state index contributed by atoms with van der Waals surface area (Å²) in [5.41, 5.74) is 9.24. The predicted molar refractivity (Wildman–Crippen MR) is 130 cm³/mol. The molecule has 1 unspecified atom stereocenters. The Bertz CT molecular complexity index is 850. The number of carbonyl (C=O) groups is 1. The summed E-state index contributed by atoms with van der Waals surface area (Å²) < 4.78 is 5.54. The second kappa shape index (κ2) is 9.89. The molecule has 2 aliphatic carbocycles. The molecule has 33 heavy (non-hydrogen) atoms. The number of aliphatic hydroxyl groups is 1. The van der Waals surface area contributed by atoms with Gasteiger partial charge in [-0.25, -0.2) is 4.79 Å². The highest BCUT2D eigenvalue weighted by Gasteiger charge is 2.35. The summed E-state index contributed by atoms with van der Waals surface area (Å²) in [4.78, 5) is 21.3. The quantitative estimate of drug-likeness (QED) is 0.578. The van der Waals surface area contributed by atoms with Gasteiger partial charge in [0.2, 0.25) is 0 Å². The number of nitrogens with two attached hydrogens (primary N) is 1. The number of amides is 1. The summed E-state index contributed by atoms with van der Waals surface area (Å²) in [6.45, 7) is 8.59. The first kappa shape index (κ1) is 23.8. The number of anilines is 1. The summed E-state index contributed by atoms with van der Waals surface area (Å²) in [7, 11) is 0. The average Bonchev–Trinajstić information content (AvgIpc) is 3.59. The highest BCUT2D eigenvalue weighted by atomic mass is 16.6. The van der Waals surface area contributed by atoms with Gasteiger partial charge in [0.1, 0.15) is 5.60 Å². The zero-order valence-electron chi connectivity index (χ0n) is 20.2. The lowest BCUT2D eigenvalue weighted by Gasteiger charge is -2.38. The van der Waals surface area contributed by atoms with Crippen LogP contribution in [0.15, 0.2) is 24.5 Å². The van der Waals surface area contributed by atoms with Crippen molar-refractivity contribution in [2.45, 2.75) is 64.1 Å². The number of aliphatic hydroxyl groups excluding tert-OH is 1. The molecule has 0 spiro atoms. The molecule has 1 aliphatic heterocycles. The smallest absolute Gasteiger partial charge is 0.410 e. The van der Waals surface area contributed by atoms with Crippen molar-refractivity contribution in [2.75, 3.05) is 37.7 Å². The zero-order chi connectivity index (χ0) is 23.6. The van der Waals surface area contributed by atoms with Crippen molar-refractivity contribution in [3.63, 3.8) is 0 Å². The molecule has 3 aliphatic rings. The van der Waals surface area contributed by atoms with Gasteiger partial charge in [-0.05, 0) is 70.4 Å². The summed E-state index contributed by atoms with van der Waals surface area (Å²) in [6, 6.07) is 4.39. The van der Waals surface area contributed by atoms with Gasteiger partial charge in [0.15, 0.2) is 0 Å². The first-order valence-electron chi connectivity index (χ1n) is 12.3. The molecule has 4 N–H and O–H groups in total. The van der Waals surface area contributed by atoms with Crippen molar-refractivity contribution in [3.05, 3.63) is 30.2 Å². The number of aromatic nitrogens is 1. The third-order valence-electron chi connectivity index (χ3n) is 6.79. The third kappa shape index (κ3) is 5.98. The van der Waals surface area contributed by atoms with Crippen LogP contribution in [-0.2, 0) is 4.74 Å². The molecule has 4 rings (SSSR count). The van der Waals surface area contributed by atoms with Crippen molar-refractivity contribution in [2.24, 2.45) is 17.6 Å². The van der Waals surface area contributed by atoms with Gasteiger partial charge in [-0.2, -0.15) is 0 Å². The van der Waals surface area contributed by atoms with E-state index < -0.39 is 5.60 Å². The molecular weight excluding hydrogens is 418 g/mol. The lowest BCUT2D eigenvalue weighted by Crippen LogP contribution is -2.50. The van der Waals surface area contributed by atoms with E-state index in [4.69, 9.17) is 15.5 Å². The molecule has 2 heterocycles. The minimum Gasteiger partial charge on any atom is -0.444 e. The number of piperazine rings is 1. The van der Waals surface area contributed by atoms with Crippen LogP contribution in [0.4, 0.5) is 10.5 Å². The molecule has 182 valence electrons. The van der Waals surface area contributed by atoms with Crippen molar-refractivity contribution >= 4 is 17.4 Å². The number of nitrogens with zero attached hydrogens (tertiary/aromatic N) is 3. The fourth-order valence-corrected chi connectivity index (χ4v) is 4.59. The Labute approximate surface area is 197 Å². The van der Waals surface area contributed by atoms with Gasteiger partial charge in [-0.3, -0.25) is 4.98 Å². The molecule has 1 saturated heterocycles. The second-order valence-electron chi connectivity index (χ2n) is 10.7. The van der Waals surface area contributed by atoms with Crippen LogP contribution in [0.5, 0.6) is 0 Å². The van der Waals surface area contributed by atoms with Crippen LogP contribution < -0.4 is 16.0 Å². The van der Waals surface area contributed by atoms with Gasteiger partial charge >= 0.3 is 6.09 Å². The molecule has 0 bridgehead atoms. The van der Waals surface area contributed by atoms with E-state index in [1.165, 1.54) is 0 Å². The SMILES string of the molecule is CC(C)(C)OC(=O)N1CCN(c2cccnc2/C(=C/NC2CC(CO)C2)C(N)C2CC2)CC1. The number of nitrogens with one attached hydrogen (secondary N) is 1. The van der Waals surface area contributed by atoms with Crippen molar-refractivity contribution in [1.29, 1.82) is 0 Å². The first-order valence-corrected chi connectivity index (χ1v) is 12.3. The molecule has 1 amide bonds. The van der Waals surface area contributed by atoms with Gasteiger partial charge in [0, 0.05) is 62.8 Å². The van der Waals surface area contributed by atoms with Crippen LogP contribution in [0.25, 0.3) is 5.57 Å². The Balaban J connectivity index is 1.47. The molecule has 1 aromatic heterocycles. The van der Waals surface area contributed by atoms with Crippen molar-refractivity contribution in [3.8, 4) is 0 Å². The molecule has 3 fully saturated rings. The standard InChI is InChI=1S/C25H39N5O3/c1-25(2,3)33-24(32)30-11-9-29(10-12-30)21-5-4-8-27-23(21)20(22(26)18-6-7-18)15-28-19-13-17(14-19)16-31/h4-5,8,15,17-19,22,28,31H,6-7,9-14,16,26H2,1-3H3/b20-15+. The minimum atomic E-state index is -0.492. The molecule has 0 aromatic carbocycles. The molecule has 1 atom stereocenters. The highest BCUT2D eigenvalue weighted by Crippen LogP contribution is 2.39. The van der Waals surface area contributed by atoms with Gasteiger partial charge in [-0.1, -0.05) is 0 Å². The van der Waals surface area contributed by atoms with Crippen LogP contribution >= 0.6 is 0 Å². The monoisotopic (exact) mass is 457 g/mol. The van der Waals surface area contributed by atoms with Gasteiger partial charge < -0.3 is 30.7 Å². The van der Waals surface area contributed by atoms with E-state index in [1.54, 1.807) is 4.90 Å². The number of hydrogen-bond acceptors (Lipinski definition) is 7. The lowest BCUT2D eigenvalue weighted by atomic mass is 9.81. The number of ether oxygens (including phenoxy) is 1. The molecule has 8 nitrogen and oxygen atoms in total. The first-order chi connectivity index (χ1) is 15.7. The molecule has 0 radical (unpaired) electrons. The van der Waals surface area contributed by atoms with Crippen LogP contribution in [0, 0.1) is 11.8 Å². The summed E-state index contributed by atoms with van der Waals surface area (Å²) in [5, 5.41) is 12.8. The summed E-state index contributed by atoms with van der Waals surface area (Å²) in [6.07, 6.45) is 7.94. The number of rotatable bonds is 7. The van der Waals surface area contributed by atoms with Crippen LogP contribution in [0.1, 0.15) is 52.1 Å². The van der Waals surface area contributed by atoms with Crippen molar-refractivity contribution < 1.29 is 14.6 Å². The number of hydrogen-bond donors (Lipinski definition) is 3. The minimum absolute atomic E-state index is 0.0529. The molecular formula is C25H39N5O3. The summed E-state index contributed by atoms with van der Waals surface area (Å²) >= 11 is 0. The Kier molecular flexibility index (Phi) is 7.14. The van der Waals surface area contributed by atoms with E-state index in [0.717, 1.165) is 55.7 Å². The van der Waals surface area contributed by atoms with E-state index in [2.05, 4.69) is 22.5 Å². The zero-order valence-corrected chi connectivity index (χ0v) is 20.2. The van der Waals surface area contributed by atoms with Crippen LogP contribution in [0.2, 0.25) is 0 Å². The van der Waals surface area contributed by atoms with E-state index in [9.17, 15) is 9.90 Å². The Morgan fingerprint density at radius 2 is 2.00 bits per heavy atom. The fraction of sp³-hybridized carbons (Fsp3) is 0.680. The average molecular weight is 458 g/mol. The topological polar surface area (TPSA) is 104 Å². The normalized spacial score (nSPS) is 24.8. The van der Waals surface area contributed by atoms with Crippen LogP contribution in [-0.4, -0.2) is 71.6 Å². The summed E-state index contributed by atoms with van der Waals surface area (Å²) in [5.74, 6) is 0.909. The fourth-order valence-electron chi connectivity index (χ4n) is 4.59. The molecule has 1 aromatic rings. The van der Waals surface area contributed by atoms with E-state index >= 15 is 0 Å². The second-order valence-corrected chi connectivity index (χ2v) is 10.7. The Hall–Kier alpha value is -2.32. The Morgan fingerprint density at radius 1 is 1.30 bits per heavy atom. The molecule has 8 heteroatoms. The van der Waals surface area contributed by atoms with E-state index in [1.807, 2.05) is 33.0 Å². The molecule has 2 saturated carbocycles. The van der Waals surface area contributed by atoms with E-state index in [0.29, 0.717) is 31.0 Å². The third-order valence-corrected chi connectivity index (χ3v) is 6.79.